The first-order valence-electron chi connectivity index (χ1n) is 15.4. The molecule has 44 heavy (non-hydrogen) atoms. The zero-order valence-corrected chi connectivity index (χ0v) is 26.3. The van der Waals surface area contributed by atoms with Gasteiger partial charge in [-0.15, -0.1) is 0 Å². The molecule has 2 aromatic carbocycles. The van der Waals surface area contributed by atoms with Gasteiger partial charge in [-0.1, -0.05) is 12.1 Å². The maximum absolute atomic E-state index is 13.7. The van der Waals surface area contributed by atoms with E-state index in [1.165, 1.54) is 0 Å². The molecule has 4 bridgehead atoms. The van der Waals surface area contributed by atoms with Gasteiger partial charge in [-0.2, -0.15) is 0 Å². The van der Waals surface area contributed by atoms with E-state index in [2.05, 4.69) is 37.2 Å². The molecule has 0 fully saturated rings. The average molecular weight is 612 g/mol. The molecule has 0 spiro atoms. The Kier molecular flexibility index (Phi) is 13.9. The first kappa shape index (κ1) is 34.8. The number of hydrogen-bond acceptors (Lipinski definition) is 9. The lowest BCUT2D eigenvalue weighted by Gasteiger charge is -2.26. The molecule has 0 aliphatic carbocycles. The van der Waals surface area contributed by atoms with Gasteiger partial charge in [-0.05, 0) is 113 Å². The quantitative estimate of drug-likeness (QED) is 0.143. The Morgan fingerprint density at radius 2 is 1.48 bits per heavy atom. The highest BCUT2D eigenvalue weighted by Crippen LogP contribution is 2.31. The summed E-state index contributed by atoms with van der Waals surface area (Å²) in [5, 5.41) is 42.5. The molecule has 1 aliphatic rings. The summed E-state index contributed by atoms with van der Waals surface area (Å²) in [6.45, 7) is 1.86. The van der Waals surface area contributed by atoms with Crippen LogP contribution in [0.15, 0.2) is 36.4 Å². The summed E-state index contributed by atoms with van der Waals surface area (Å²) in [6, 6.07) is 7.65. The van der Waals surface area contributed by atoms with Crippen molar-refractivity contribution in [1.82, 2.24) is 37.2 Å². The molecule has 12 nitrogen and oxygen atoms in total. The summed E-state index contributed by atoms with van der Waals surface area (Å²) >= 11 is 0. The fraction of sp³-hybridized carbons (Fsp3) is 0.531. The molecule has 2 aromatic rings. The molecule has 9 N–H and O–H groups in total. The van der Waals surface area contributed by atoms with Crippen LogP contribution < -0.4 is 37.2 Å². The summed E-state index contributed by atoms with van der Waals surface area (Å²) in [5.74, 6) is -1.22. The van der Waals surface area contributed by atoms with Gasteiger partial charge in [-0.3, -0.25) is 14.4 Å². The van der Waals surface area contributed by atoms with E-state index in [4.69, 9.17) is 0 Å². The Morgan fingerprint density at radius 1 is 0.864 bits per heavy atom. The van der Waals surface area contributed by atoms with Crippen LogP contribution in [0.1, 0.15) is 36.8 Å². The van der Waals surface area contributed by atoms with Crippen LogP contribution >= 0.6 is 0 Å². The van der Waals surface area contributed by atoms with Crippen molar-refractivity contribution < 1.29 is 24.6 Å². The third-order valence-corrected chi connectivity index (χ3v) is 8.10. The van der Waals surface area contributed by atoms with Crippen LogP contribution in [0.3, 0.4) is 0 Å². The van der Waals surface area contributed by atoms with Crippen LogP contribution in [0.5, 0.6) is 11.5 Å². The van der Waals surface area contributed by atoms with E-state index in [9.17, 15) is 24.6 Å². The van der Waals surface area contributed by atoms with Crippen molar-refractivity contribution >= 4 is 17.7 Å². The number of phenols is 2. The van der Waals surface area contributed by atoms with E-state index < -0.39 is 29.9 Å². The first-order chi connectivity index (χ1) is 21.2. The normalized spacial score (nSPS) is 19.7. The van der Waals surface area contributed by atoms with Crippen LogP contribution in [-0.2, 0) is 27.2 Å². The number of amides is 3. The molecule has 1 aliphatic heterocycles. The molecule has 0 saturated carbocycles. The van der Waals surface area contributed by atoms with Crippen molar-refractivity contribution in [2.24, 2.45) is 0 Å². The monoisotopic (exact) mass is 611 g/mol. The Balaban J connectivity index is 2.00. The lowest BCUT2D eigenvalue weighted by Crippen LogP contribution is -2.57. The van der Waals surface area contributed by atoms with Gasteiger partial charge in [0.15, 0.2) is 0 Å². The van der Waals surface area contributed by atoms with Crippen molar-refractivity contribution in [2.75, 3.05) is 47.8 Å². The molecule has 242 valence electrons. The molecule has 3 rings (SSSR count). The number of phenolic OH excluding ortho intramolecular Hbond substituents is 2. The number of rotatable bonds is 13. The Hall–Kier alpha value is -3.71. The molecular weight excluding hydrogens is 562 g/mol. The van der Waals surface area contributed by atoms with Crippen molar-refractivity contribution in [2.45, 2.75) is 62.7 Å². The fourth-order valence-electron chi connectivity index (χ4n) is 5.35. The number of aromatic hydroxyl groups is 2. The van der Waals surface area contributed by atoms with Crippen molar-refractivity contribution in [3.05, 3.63) is 47.5 Å². The summed E-state index contributed by atoms with van der Waals surface area (Å²) in [4.78, 5) is 40.8. The van der Waals surface area contributed by atoms with Crippen molar-refractivity contribution in [3.63, 3.8) is 0 Å². The van der Waals surface area contributed by atoms with Crippen LogP contribution in [-0.4, -0.2) is 99.9 Å². The van der Waals surface area contributed by atoms with Gasteiger partial charge in [0.25, 0.3) is 0 Å². The highest BCUT2D eigenvalue weighted by Gasteiger charge is 2.30. The second-order valence-corrected chi connectivity index (χ2v) is 11.3. The van der Waals surface area contributed by atoms with Gasteiger partial charge in [0.2, 0.25) is 17.7 Å². The minimum absolute atomic E-state index is 0.00148. The van der Waals surface area contributed by atoms with Gasteiger partial charge in [0.1, 0.15) is 23.6 Å². The van der Waals surface area contributed by atoms with Crippen molar-refractivity contribution in [1.29, 1.82) is 0 Å². The molecule has 3 amide bonds. The number of carbonyl (C=O) groups is 3. The topological polar surface area (TPSA) is 176 Å². The molecular formula is C32H49N7O5. The maximum Gasteiger partial charge on any atom is 0.243 e. The Bertz CT molecular complexity index is 1260. The van der Waals surface area contributed by atoms with E-state index in [0.717, 1.165) is 30.5 Å². The van der Waals surface area contributed by atoms with Gasteiger partial charge >= 0.3 is 0 Å². The van der Waals surface area contributed by atoms with Crippen LogP contribution in [0.2, 0.25) is 0 Å². The van der Waals surface area contributed by atoms with E-state index in [0.29, 0.717) is 37.1 Å². The van der Waals surface area contributed by atoms with Crippen LogP contribution in [0, 0.1) is 0 Å². The molecule has 0 unspecified atom stereocenters. The summed E-state index contributed by atoms with van der Waals surface area (Å²) < 4.78 is 0. The second kappa shape index (κ2) is 17.6. The number of nitrogens with one attached hydrogen (secondary N) is 7. The zero-order chi connectivity index (χ0) is 32.1. The Labute approximate surface area is 260 Å². The molecule has 12 heteroatoms. The minimum Gasteiger partial charge on any atom is -0.508 e. The minimum atomic E-state index is -1.01. The smallest absolute Gasteiger partial charge is 0.243 e. The van der Waals surface area contributed by atoms with Gasteiger partial charge in [0, 0.05) is 25.4 Å². The number of benzene rings is 2. The lowest BCUT2D eigenvalue weighted by molar-refractivity contribution is -0.132. The number of hydrogen-bond donors (Lipinski definition) is 9. The van der Waals surface area contributed by atoms with Gasteiger partial charge in [-0.25, -0.2) is 0 Å². The van der Waals surface area contributed by atoms with Gasteiger partial charge < -0.3 is 47.4 Å². The summed E-state index contributed by atoms with van der Waals surface area (Å²) in [6.07, 6.45) is 2.94. The van der Waals surface area contributed by atoms with E-state index >= 15 is 0 Å². The lowest BCUT2D eigenvalue weighted by atomic mass is 9.95. The number of carbonyl (C=O) groups excluding carboxylic acids is 3. The number of fused-ring (bicyclic) bond motifs is 5. The standard InChI is InChI=1S/C32H49N7O5/c1-33-13-5-7-24(35-3)19-37-30(42)27-18-23-16-21(10-12-29(23)41)20-9-11-28(40)22(15-20)17-26(36-4)32(44)38-25(31(43)39-27)8-6-14-34-2/h9-12,15-16,24-27,33-36,40-41H,5-8,13-14,17-19H2,1-4H3,(H,37,42)(H,38,44)(H,39,43)/t24-,25-,26-,27-/m0/s1. The van der Waals surface area contributed by atoms with Crippen LogP contribution in [0.4, 0.5) is 0 Å². The third-order valence-electron chi connectivity index (χ3n) is 8.10. The van der Waals surface area contributed by atoms with Gasteiger partial charge in [0.05, 0.1) is 6.04 Å². The van der Waals surface area contributed by atoms with E-state index in [1.807, 2.05) is 27.2 Å². The van der Waals surface area contributed by atoms with Crippen LogP contribution in [0.25, 0.3) is 11.1 Å². The van der Waals surface area contributed by atoms with E-state index in [-0.39, 0.29) is 36.3 Å². The number of likely N-dealkylation sites (N-methyl/N-ethyl adjacent to an activating group) is 2. The molecule has 1 heterocycles. The molecule has 0 radical (unpaired) electrons. The summed E-state index contributed by atoms with van der Waals surface area (Å²) in [5.41, 5.74) is 2.58. The van der Waals surface area contributed by atoms with E-state index in [1.54, 1.807) is 37.4 Å². The largest absolute Gasteiger partial charge is 0.508 e. The predicted molar refractivity (Wildman–Crippen MR) is 172 cm³/mol. The summed E-state index contributed by atoms with van der Waals surface area (Å²) in [7, 11) is 7.20. The fourth-order valence-corrected chi connectivity index (χ4v) is 5.35. The predicted octanol–water partition coefficient (Wildman–Crippen LogP) is 0.124. The van der Waals surface area contributed by atoms with Crippen molar-refractivity contribution in [3.8, 4) is 22.6 Å². The first-order valence-corrected chi connectivity index (χ1v) is 15.4. The molecule has 0 aromatic heterocycles. The third kappa shape index (κ3) is 9.91. The second-order valence-electron chi connectivity index (χ2n) is 11.3. The molecule has 4 atom stereocenters. The maximum atomic E-state index is 13.7. The molecule has 0 saturated heterocycles. The highest BCUT2D eigenvalue weighted by atomic mass is 16.3. The SMILES string of the molecule is CNCCC[C@@H](CNC(=O)[C@@H]1Cc2cc(ccc2O)-c2ccc(O)c(c2)C[C@H](NC)C(=O)N[C@@H](CCCNC)C(=O)N1)NC. The average Bonchev–Trinajstić information content (AvgIpc) is 3.02. The zero-order valence-electron chi connectivity index (χ0n) is 26.3. The highest BCUT2D eigenvalue weighted by molar-refractivity contribution is 5.93. The Morgan fingerprint density at radius 3 is 2.07 bits per heavy atom.